The molecule has 0 bridgehead atoms. The third-order valence-electron chi connectivity index (χ3n) is 4.72. The van der Waals surface area contributed by atoms with Gasteiger partial charge < -0.3 is 10.1 Å². The number of carbonyl (C=O) groups excluding carboxylic acids is 1. The van der Waals surface area contributed by atoms with Crippen molar-refractivity contribution in [3.8, 4) is 16.9 Å². The summed E-state index contributed by atoms with van der Waals surface area (Å²) in [6, 6.07) is 22.2. The summed E-state index contributed by atoms with van der Waals surface area (Å²) in [5.41, 5.74) is 2.69. The molecule has 0 aliphatic carbocycles. The van der Waals surface area contributed by atoms with Crippen LogP contribution in [0.2, 0.25) is 0 Å². The van der Waals surface area contributed by atoms with Crippen LogP contribution in [0.5, 0.6) is 5.75 Å². The summed E-state index contributed by atoms with van der Waals surface area (Å²) in [7, 11) is 1.53. The standard InChI is InChI=1S/C24H19NO3S/c1-15-11-13-16(14-12-15)21-22(26)18-8-4-6-10-20(18)29-24(21)25-23(27)17-7-3-5-9-19(17)28-2/h3-14H,1-2H3,(H,25,27). The van der Waals surface area contributed by atoms with Gasteiger partial charge in [0, 0.05) is 10.1 Å². The van der Waals surface area contributed by atoms with Gasteiger partial charge in [-0.3, -0.25) is 9.59 Å². The number of ether oxygens (including phenoxy) is 1. The minimum absolute atomic E-state index is 0.0986. The van der Waals surface area contributed by atoms with Gasteiger partial charge in [0.1, 0.15) is 10.8 Å². The van der Waals surface area contributed by atoms with Gasteiger partial charge >= 0.3 is 0 Å². The fourth-order valence-electron chi connectivity index (χ4n) is 3.22. The number of benzene rings is 3. The lowest BCUT2D eigenvalue weighted by Gasteiger charge is -2.13. The monoisotopic (exact) mass is 401 g/mol. The maximum Gasteiger partial charge on any atom is 0.260 e. The van der Waals surface area contributed by atoms with Gasteiger partial charge in [-0.05, 0) is 36.8 Å². The quantitative estimate of drug-likeness (QED) is 0.491. The number of hydrogen-bond donors (Lipinski definition) is 1. The molecule has 4 nitrogen and oxygen atoms in total. The van der Waals surface area contributed by atoms with Crippen molar-refractivity contribution in [3.05, 3.63) is 94.1 Å². The second-order valence-corrected chi connectivity index (χ2v) is 7.70. The number of anilines is 1. The van der Waals surface area contributed by atoms with Crippen LogP contribution in [0.15, 0.2) is 77.6 Å². The van der Waals surface area contributed by atoms with Crippen molar-refractivity contribution in [2.24, 2.45) is 0 Å². The lowest BCUT2D eigenvalue weighted by molar-refractivity contribution is 0.102. The van der Waals surface area contributed by atoms with Crippen LogP contribution in [0.1, 0.15) is 15.9 Å². The third-order valence-corrected chi connectivity index (χ3v) is 5.80. The highest BCUT2D eigenvalue weighted by atomic mass is 32.1. The molecule has 3 aromatic carbocycles. The lowest BCUT2D eigenvalue weighted by Crippen LogP contribution is -2.16. The molecule has 4 rings (SSSR count). The van der Waals surface area contributed by atoms with Crippen molar-refractivity contribution in [1.29, 1.82) is 0 Å². The first-order chi connectivity index (χ1) is 14.1. The molecule has 29 heavy (non-hydrogen) atoms. The third kappa shape index (κ3) is 3.65. The number of fused-ring (bicyclic) bond motifs is 1. The van der Waals surface area contributed by atoms with E-state index in [1.165, 1.54) is 18.4 Å². The molecule has 0 fully saturated rings. The number of aryl methyl sites for hydroxylation is 1. The van der Waals surface area contributed by atoms with Crippen LogP contribution in [0.25, 0.3) is 21.2 Å². The minimum atomic E-state index is -0.318. The Kier molecular flexibility index (Phi) is 5.14. The van der Waals surface area contributed by atoms with Crippen LogP contribution in [0.3, 0.4) is 0 Å². The van der Waals surface area contributed by atoms with E-state index in [9.17, 15) is 9.59 Å². The Balaban J connectivity index is 1.88. The van der Waals surface area contributed by atoms with E-state index in [1.807, 2.05) is 61.5 Å². The van der Waals surface area contributed by atoms with Gasteiger partial charge in [-0.25, -0.2) is 0 Å². The molecule has 1 amide bonds. The Morgan fingerprint density at radius 3 is 2.38 bits per heavy atom. The summed E-state index contributed by atoms with van der Waals surface area (Å²) in [4.78, 5) is 26.3. The molecule has 0 saturated heterocycles. The normalized spacial score (nSPS) is 10.7. The van der Waals surface area contributed by atoms with Crippen LogP contribution in [-0.4, -0.2) is 13.0 Å². The summed E-state index contributed by atoms with van der Waals surface area (Å²) >= 11 is 1.39. The maximum atomic E-state index is 13.3. The van der Waals surface area contributed by atoms with Crippen LogP contribution in [0, 0.1) is 6.92 Å². The van der Waals surface area contributed by atoms with Crippen LogP contribution in [0.4, 0.5) is 5.00 Å². The first-order valence-electron chi connectivity index (χ1n) is 9.15. The zero-order valence-electron chi connectivity index (χ0n) is 16.1. The number of carbonyl (C=O) groups is 1. The molecule has 0 aliphatic heterocycles. The van der Waals surface area contributed by atoms with Crippen molar-refractivity contribution >= 4 is 32.3 Å². The lowest BCUT2D eigenvalue weighted by atomic mass is 10.0. The number of methoxy groups -OCH3 is 1. The van der Waals surface area contributed by atoms with Gasteiger partial charge in [-0.15, -0.1) is 11.3 Å². The first kappa shape index (κ1) is 18.9. The zero-order chi connectivity index (χ0) is 20.4. The average molecular weight is 401 g/mol. The van der Waals surface area contributed by atoms with Gasteiger partial charge in [0.15, 0.2) is 5.43 Å². The van der Waals surface area contributed by atoms with E-state index in [0.29, 0.717) is 27.3 Å². The Bertz CT molecular complexity index is 1260. The highest BCUT2D eigenvalue weighted by molar-refractivity contribution is 7.22. The summed E-state index contributed by atoms with van der Waals surface area (Å²) in [5.74, 6) is 0.164. The smallest absolute Gasteiger partial charge is 0.260 e. The second kappa shape index (κ2) is 7.89. The van der Waals surface area contributed by atoms with E-state index in [0.717, 1.165) is 15.8 Å². The van der Waals surface area contributed by atoms with Crippen molar-refractivity contribution in [3.63, 3.8) is 0 Å². The van der Waals surface area contributed by atoms with Crippen LogP contribution in [-0.2, 0) is 0 Å². The fraction of sp³-hybridized carbons (Fsp3) is 0.0833. The van der Waals surface area contributed by atoms with E-state index >= 15 is 0 Å². The molecule has 0 saturated carbocycles. The highest BCUT2D eigenvalue weighted by Crippen LogP contribution is 2.34. The number of amides is 1. The molecule has 1 aromatic heterocycles. The Morgan fingerprint density at radius 1 is 0.931 bits per heavy atom. The predicted molar refractivity (Wildman–Crippen MR) is 119 cm³/mol. The van der Waals surface area contributed by atoms with Gasteiger partial charge in [-0.2, -0.15) is 0 Å². The van der Waals surface area contributed by atoms with Crippen LogP contribution >= 0.6 is 11.3 Å². The molecule has 1 N–H and O–H groups in total. The zero-order valence-corrected chi connectivity index (χ0v) is 16.9. The number of nitrogens with one attached hydrogen (secondary N) is 1. The van der Waals surface area contributed by atoms with Crippen molar-refractivity contribution in [1.82, 2.24) is 0 Å². The Labute approximate surface area is 172 Å². The van der Waals surface area contributed by atoms with E-state index in [2.05, 4.69) is 5.32 Å². The molecule has 0 atom stereocenters. The predicted octanol–water partition coefficient (Wildman–Crippen LogP) is 5.50. The Morgan fingerprint density at radius 2 is 1.62 bits per heavy atom. The molecular formula is C24H19NO3S. The topological polar surface area (TPSA) is 55.4 Å². The van der Waals surface area contributed by atoms with Crippen molar-refractivity contribution in [2.75, 3.05) is 12.4 Å². The number of hydrogen-bond acceptors (Lipinski definition) is 4. The van der Waals surface area contributed by atoms with Gasteiger partial charge in [0.05, 0.1) is 18.2 Å². The summed E-state index contributed by atoms with van der Waals surface area (Å²) in [5, 5.41) is 4.11. The molecule has 5 heteroatoms. The number of rotatable bonds is 4. The van der Waals surface area contributed by atoms with E-state index in [1.54, 1.807) is 18.2 Å². The molecular weight excluding hydrogens is 382 g/mol. The number of para-hydroxylation sites is 1. The van der Waals surface area contributed by atoms with Crippen molar-refractivity contribution in [2.45, 2.75) is 6.92 Å². The molecule has 0 radical (unpaired) electrons. The molecule has 1 heterocycles. The van der Waals surface area contributed by atoms with E-state index in [-0.39, 0.29) is 11.3 Å². The summed E-state index contributed by atoms with van der Waals surface area (Å²) in [6.45, 7) is 2.00. The SMILES string of the molecule is COc1ccccc1C(=O)Nc1sc2ccccc2c(=O)c1-c1ccc(C)cc1. The second-order valence-electron chi connectivity index (χ2n) is 6.65. The summed E-state index contributed by atoms with van der Waals surface area (Å²) < 4.78 is 6.13. The fourth-order valence-corrected chi connectivity index (χ4v) is 4.31. The molecule has 4 aromatic rings. The van der Waals surface area contributed by atoms with Gasteiger partial charge in [0.2, 0.25) is 0 Å². The van der Waals surface area contributed by atoms with E-state index in [4.69, 9.17) is 4.74 Å². The first-order valence-corrected chi connectivity index (χ1v) is 9.97. The average Bonchev–Trinajstić information content (AvgIpc) is 2.75. The largest absolute Gasteiger partial charge is 0.496 e. The van der Waals surface area contributed by atoms with Gasteiger partial charge in [-0.1, -0.05) is 54.1 Å². The summed E-state index contributed by atoms with van der Waals surface area (Å²) in [6.07, 6.45) is 0. The highest BCUT2D eigenvalue weighted by Gasteiger charge is 2.19. The molecule has 0 spiro atoms. The molecule has 144 valence electrons. The van der Waals surface area contributed by atoms with Crippen LogP contribution < -0.4 is 15.5 Å². The minimum Gasteiger partial charge on any atom is -0.496 e. The Hall–Kier alpha value is -3.44. The molecule has 0 unspecified atom stereocenters. The molecule has 0 aliphatic rings. The van der Waals surface area contributed by atoms with E-state index < -0.39 is 0 Å². The maximum absolute atomic E-state index is 13.3. The van der Waals surface area contributed by atoms with Crippen molar-refractivity contribution < 1.29 is 9.53 Å². The van der Waals surface area contributed by atoms with Gasteiger partial charge in [0.25, 0.3) is 5.91 Å².